The molecule has 0 aliphatic rings. The van der Waals surface area contributed by atoms with Crippen LogP contribution in [0.25, 0.3) is 0 Å². The van der Waals surface area contributed by atoms with Crippen LogP contribution in [-0.2, 0) is 14.4 Å². The molecule has 0 spiro atoms. The summed E-state index contributed by atoms with van der Waals surface area (Å²) >= 11 is 0. The van der Waals surface area contributed by atoms with Crippen molar-refractivity contribution in [1.82, 2.24) is 0 Å². The molecular weight excluding hydrogens is 619 g/mol. The van der Waals surface area contributed by atoms with E-state index in [2.05, 4.69) is 20.8 Å². The van der Waals surface area contributed by atoms with Crippen LogP contribution in [-0.4, -0.2) is 17.9 Å². The van der Waals surface area contributed by atoms with Gasteiger partial charge in [0.2, 0.25) is 0 Å². The Balaban J connectivity index is -0.000000218. The van der Waals surface area contributed by atoms with Crippen molar-refractivity contribution >= 4 is 17.9 Å². The van der Waals surface area contributed by atoms with E-state index in [0.29, 0.717) is 6.42 Å². The molecule has 2 atom stereocenters. The maximum atomic E-state index is 10.8. The maximum absolute atomic E-state index is 10.8. The predicted octanol–water partition coefficient (Wildman–Crippen LogP) is 5.20. The number of rotatable bonds is 18. The number of aliphatic carboxylic acids is 3. The van der Waals surface area contributed by atoms with Crippen molar-refractivity contribution in [3.05, 3.63) is 0 Å². The summed E-state index contributed by atoms with van der Waals surface area (Å²) in [7, 11) is 0. The summed E-state index contributed by atoms with van der Waals surface area (Å²) in [5.74, 6) is -2.72. The Morgan fingerprint density at radius 1 is 0.486 bits per heavy atom. The van der Waals surface area contributed by atoms with Crippen LogP contribution in [0, 0.1) is 54.4 Å². The molecule has 6 nitrogen and oxygen atoms in total. The van der Waals surface area contributed by atoms with Crippen molar-refractivity contribution in [3.8, 4) is 0 Å². The van der Waals surface area contributed by atoms with Crippen molar-refractivity contribution < 1.29 is 67.9 Å². The Kier molecular flexibility index (Phi) is 29.2. The van der Waals surface area contributed by atoms with Gasteiger partial charge in [-0.3, -0.25) is 0 Å². The molecule has 0 heterocycles. The van der Waals surface area contributed by atoms with Crippen LogP contribution in [0.15, 0.2) is 0 Å². The quantitative estimate of drug-likeness (QED) is 0.184. The summed E-state index contributed by atoms with van der Waals surface area (Å²) in [6.07, 6.45) is 14.3. The van der Waals surface area contributed by atoms with Crippen molar-refractivity contribution in [2.75, 3.05) is 0 Å². The maximum Gasteiger partial charge on any atom is 3.00 e. The number of hydrogen-bond acceptors (Lipinski definition) is 6. The van der Waals surface area contributed by atoms with Crippen molar-refractivity contribution in [2.45, 2.75) is 159 Å². The minimum Gasteiger partial charge on any atom is -0.550 e. The van der Waals surface area contributed by atoms with E-state index in [9.17, 15) is 29.7 Å². The van der Waals surface area contributed by atoms with Gasteiger partial charge in [0.1, 0.15) is 0 Å². The number of carbonyl (C=O) groups is 3. The van der Waals surface area contributed by atoms with Crippen LogP contribution in [0.4, 0.5) is 0 Å². The average Bonchev–Trinajstić information content (AvgIpc) is 2.81. The second kappa shape index (κ2) is 24.7. The van der Waals surface area contributed by atoms with E-state index in [0.717, 1.165) is 77.0 Å². The smallest absolute Gasteiger partial charge is 0.550 e. The van der Waals surface area contributed by atoms with Crippen LogP contribution >= 0.6 is 0 Å². The van der Waals surface area contributed by atoms with Gasteiger partial charge in [-0.1, -0.05) is 127 Å². The van der Waals surface area contributed by atoms with Crippen LogP contribution < -0.4 is 15.3 Å². The monoisotopic (exact) mass is 677 g/mol. The molecule has 7 heteroatoms. The van der Waals surface area contributed by atoms with E-state index in [1.54, 1.807) is 27.7 Å². The summed E-state index contributed by atoms with van der Waals surface area (Å²) in [5, 5.41) is 32.1. The third-order valence-corrected chi connectivity index (χ3v) is 7.19. The van der Waals surface area contributed by atoms with Crippen molar-refractivity contribution in [1.29, 1.82) is 0 Å². The van der Waals surface area contributed by atoms with E-state index >= 15 is 0 Å². The largest absolute Gasteiger partial charge is 3.00 e. The zero-order valence-electron chi connectivity index (χ0n) is 25.4. The number of carbonyl (C=O) groups excluding carboxylic acids is 3. The first-order valence-corrected chi connectivity index (χ1v) is 14.3. The van der Waals surface area contributed by atoms with Crippen LogP contribution in [0.3, 0.4) is 0 Å². The first kappa shape index (κ1) is 43.7. The molecule has 0 rings (SSSR count). The number of carboxylic acid groups (broad SMARTS) is 3. The second-order valence-corrected chi connectivity index (χ2v) is 11.3. The SMILES string of the molecule is CCCCC(C)(CCC)C(=O)[O-].CCCCCC(C)(CC)C(=O)[O-].CCCCCCC(C)(C)C(=O)[O-].[Dy+3]. The summed E-state index contributed by atoms with van der Waals surface area (Å²) < 4.78 is 0. The van der Waals surface area contributed by atoms with E-state index in [-0.39, 0.29) is 38.2 Å². The third-order valence-electron chi connectivity index (χ3n) is 7.19. The molecular formula is C30H57DyO6. The zero-order valence-corrected chi connectivity index (χ0v) is 27.4. The summed E-state index contributed by atoms with van der Waals surface area (Å²) in [6.45, 7) is 17.3. The van der Waals surface area contributed by atoms with E-state index < -0.39 is 34.2 Å². The van der Waals surface area contributed by atoms with Crippen molar-refractivity contribution in [3.63, 3.8) is 0 Å². The van der Waals surface area contributed by atoms with Crippen LogP contribution in [0.1, 0.15) is 159 Å². The molecule has 2 unspecified atom stereocenters. The second-order valence-electron chi connectivity index (χ2n) is 11.3. The fourth-order valence-electron chi connectivity index (χ4n) is 3.73. The minimum atomic E-state index is -0.931. The van der Waals surface area contributed by atoms with Gasteiger partial charge in [0, 0.05) is 34.2 Å². The number of unbranched alkanes of at least 4 members (excludes halogenated alkanes) is 6. The summed E-state index contributed by atoms with van der Waals surface area (Å²) in [4.78, 5) is 32.1. The standard InChI is InChI=1S/3C10H20O2.Dy/c1-4-5-6-7-8-10(2,3)9(11)12;1-4-6-7-8-10(3,5-2)9(11)12;1-4-6-8-10(3,7-5-2)9(11)12;/h3*4-8H2,1-3H3,(H,11,12);/q;;;+3/p-3. The Labute approximate surface area is 259 Å². The Morgan fingerprint density at radius 2 is 0.892 bits per heavy atom. The molecule has 0 saturated carbocycles. The number of carboxylic acids is 3. The van der Waals surface area contributed by atoms with Gasteiger partial charge in [-0.25, -0.2) is 0 Å². The van der Waals surface area contributed by atoms with Gasteiger partial charge in [0.15, 0.2) is 0 Å². The topological polar surface area (TPSA) is 120 Å². The van der Waals surface area contributed by atoms with Gasteiger partial charge in [-0.2, -0.15) is 0 Å². The van der Waals surface area contributed by atoms with Gasteiger partial charge in [0.25, 0.3) is 0 Å². The molecule has 0 saturated heterocycles. The molecule has 0 aromatic carbocycles. The number of hydrogen-bond donors (Lipinski definition) is 0. The van der Waals surface area contributed by atoms with E-state index in [4.69, 9.17) is 0 Å². The Morgan fingerprint density at radius 3 is 1.24 bits per heavy atom. The van der Waals surface area contributed by atoms with Crippen LogP contribution in [0.5, 0.6) is 0 Å². The minimum absolute atomic E-state index is 0. The predicted molar refractivity (Wildman–Crippen MR) is 143 cm³/mol. The van der Waals surface area contributed by atoms with Gasteiger partial charge in [-0.05, 0) is 32.1 Å². The Bertz CT molecular complexity index is 593. The van der Waals surface area contributed by atoms with Gasteiger partial charge in [0.05, 0.1) is 0 Å². The van der Waals surface area contributed by atoms with E-state index in [1.807, 2.05) is 13.8 Å². The molecule has 0 aliphatic carbocycles. The third kappa shape index (κ3) is 22.2. The summed E-state index contributed by atoms with van der Waals surface area (Å²) in [6, 6.07) is 0. The first-order chi connectivity index (χ1) is 16.6. The molecule has 223 valence electrons. The fraction of sp³-hybridized carbons (Fsp3) is 0.900. The first-order valence-electron chi connectivity index (χ1n) is 14.3. The normalized spacial score (nSPS) is 13.9. The molecule has 0 N–H and O–H groups in total. The average molecular weight is 676 g/mol. The molecule has 0 aromatic heterocycles. The molecule has 0 bridgehead atoms. The fourth-order valence-corrected chi connectivity index (χ4v) is 3.73. The zero-order chi connectivity index (χ0) is 28.8. The molecule has 0 fully saturated rings. The molecule has 37 heavy (non-hydrogen) atoms. The molecule has 0 amide bonds. The molecule has 1 radical (unpaired) electrons. The molecule has 0 aromatic rings. The van der Waals surface area contributed by atoms with Crippen LogP contribution in [0.2, 0.25) is 0 Å². The van der Waals surface area contributed by atoms with Gasteiger partial charge < -0.3 is 29.7 Å². The van der Waals surface area contributed by atoms with E-state index in [1.165, 1.54) is 12.8 Å². The van der Waals surface area contributed by atoms with Gasteiger partial charge in [-0.15, -0.1) is 0 Å². The van der Waals surface area contributed by atoms with Crippen molar-refractivity contribution in [2.24, 2.45) is 16.2 Å². The summed E-state index contributed by atoms with van der Waals surface area (Å²) in [5.41, 5.74) is -1.84. The van der Waals surface area contributed by atoms with Gasteiger partial charge >= 0.3 is 38.2 Å². The molecule has 0 aliphatic heterocycles. The Hall–Kier alpha value is -0.317.